The van der Waals surface area contributed by atoms with Crippen LogP contribution in [0.4, 0.5) is 0 Å². The van der Waals surface area contributed by atoms with Gasteiger partial charge in [-0.05, 0) is 42.7 Å². The van der Waals surface area contributed by atoms with Gasteiger partial charge in [0.1, 0.15) is 5.75 Å². The first-order chi connectivity index (χ1) is 12.4. The van der Waals surface area contributed by atoms with Gasteiger partial charge in [-0.2, -0.15) is 0 Å². The van der Waals surface area contributed by atoms with Crippen LogP contribution in [0, 0.1) is 5.92 Å². The molecule has 0 radical (unpaired) electrons. The lowest BCUT2D eigenvalue weighted by Gasteiger charge is -2.35. The van der Waals surface area contributed by atoms with Crippen LogP contribution in [0.15, 0.2) is 30.8 Å². The number of methoxy groups -OCH3 is 1. The van der Waals surface area contributed by atoms with Crippen LogP contribution in [0.2, 0.25) is 0 Å². The Labute approximate surface area is 153 Å². The number of hydroxylamine groups is 1. The third-order valence-electron chi connectivity index (χ3n) is 4.27. The van der Waals surface area contributed by atoms with E-state index in [1.807, 2.05) is 0 Å². The predicted molar refractivity (Wildman–Crippen MR) is 95.9 cm³/mol. The van der Waals surface area contributed by atoms with Crippen LogP contribution in [0.1, 0.15) is 31.7 Å². The van der Waals surface area contributed by atoms with Crippen LogP contribution < -0.4 is 5.48 Å². The maximum Gasteiger partial charge on any atom is 0.366 e. The Bertz CT molecular complexity index is 593. The van der Waals surface area contributed by atoms with Gasteiger partial charge in [-0.1, -0.05) is 13.0 Å². The number of phenolic OH excluding ortho intramolecular Hbond substituents is 1. The van der Waals surface area contributed by atoms with E-state index < -0.39 is 11.8 Å². The van der Waals surface area contributed by atoms with Crippen molar-refractivity contribution in [2.75, 3.05) is 26.9 Å². The van der Waals surface area contributed by atoms with E-state index in [9.17, 15) is 9.90 Å². The number of ether oxygens (including phenoxy) is 3. The van der Waals surface area contributed by atoms with Crippen LogP contribution in [0.3, 0.4) is 0 Å². The lowest BCUT2D eigenvalue weighted by molar-refractivity contribution is -0.272. The van der Waals surface area contributed by atoms with Crippen molar-refractivity contribution in [1.29, 1.82) is 0 Å². The van der Waals surface area contributed by atoms with Crippen molar-refractivity contribution in [2.45, 2.75) is 32.0 Å². The van der Waals surface area contributed by atoms with Gasteiger partial charge in [-0.15, -0.1) is 0 Å². The van der Waals surface area contributed by atoms with E-state index in [1.165, 1.54) is 7.11 Å². The first-order valence-electron chi connectivity index (χ1n) is 8.67. The zero-order valence-corrected chi connectivity index (χ0v) is 15.3. The molecule has 1 fully saturated rings. The van der Waals surface area contributed by atoms with Crippen molar-refractivity contribution >= 4 is 11.7 Å². The summed E-state index contributed by atoms with van der Waals surface area (Å²) in [7, 11) is 1.32. The van der Waals surface area contributed by atoms with Gasteiger partial charge in [-0.3, -0.25) is 10.3 Å². The molecule has 0 aliphatic carbocycles. The van der Waals surface area contributed by atoms with Crippen LogP contribution in [-0.2, 0) is 23.8 Å². The summed E-state index contributed by atoms with van der Waals surface area (Å²) < 4.78 is 15.7. The van der Waals surface area contributed by atoms with Crippen molar-refractivity contribution in [3.8, 4) is 5.75 Å². The number of esters is 1. The zero-order chi connectivity index (χ0) is 19.0. The summed E-state index contributed by atoms with van der Waals surface area (Å²) in [5, 5.41) is 9.27. The topological polar surface area (TPSA) is 86.3 Å². The summed E-state index contributed by atoms with van der Waals surface area (Å²) in [6.45, 7) is 6.97. The number of benzene rings is 1. The van der Waals surface area contributed by atoms with Crippen LogP contribution >= 0.6 is 0 Å². The minimum absolute atomic E-state index is 0.213. The molecule has 1 aliphatic heterocycles. The third-order valence-corrected chi connectivity index (χ3v) is 4.27. The standard InChI is InChI=1S/C19H27NO6/c1-14(16-7-9-17(21)10-8-16)20-26-11-5-4-6-15-12-24-19(2,25-13-15)18(22)23-3/h7-10,15,20-21H,1,4-6,11-13H2,2-3H3. The molecule has 0 saturated carbocycles. The SMILES string of the molecule is C=C(NOCCCCC1COC(C)(C(=O)OC)OC1)c1ccc(O)cc1. The monoisotopic (exact) mass is 365 g/mol. The molecular weight excluding hydrogens is 338 g/mol. The molecule has 2 N–H and O–H groups in total. The second-order valence-corrected chi connectivity index (χ2v) is 6.40. The predicted octanol–water partition coefficient (Wildman–Crippen LogP) is 2.61. The Hall–Kier alpha value is -2.09. The minimum Gasteiger partial charge on any atom is -0.508 e. The molecule has 7 nitrogen and oxygen atoms in total. The molecule has 1 aromatic carbocycles. The molecule has 0 amide bonds. The van der Waals surface area contributed by atoms with E-state index in [1.54, 1.807) is 31.2 Å². The number of carbonyl (C=O) groups is 1. The van der Waals surface area contributed by atoms with Crippen molar-refractivity contribution in [2.24, 2.45) is 5.92 Å². The number of phenols is 1. The smallest absolute Gasteiger partial charge is 0.366 e. The Morgan fingerprint density at radius 1 is 1.31 bits per heavy atom. The maximum absolute atomic E-state index is 11.6. The van der Waals surface area contributed by atoms with Gasteiger partial charge in [0, 0.05) is 12.8 Å². The fourth-order valence-electron chi connectivity index (χ4n) is 2.58. The maximum atomic E-state index is 11.6. The highest BCUT2D eigenvalue weighted by Crippen LogP contribution is 2.25. The second-order valence-electron chi connectivity index (χ2n) is 6.40. The van der Waals surface area contributed by atoms with Crippen LogP contribution in [-0.4, -0.2) is 43.8 Å². The van der Waals surface area contributed by atoms with Gasteiger partial charge in [0.15, 0.2) is 0 Å². The van der Waals surface area contributed by atoms with Gasteiger partial charge in [-0.25, -0.2) is 4.79 Å². The number of nitrogens with one attached hydrogen (secondary N) is 1. The summed E-state index contributed by atoms with van der Waals surface area (Å²) in [6, 6.07) is 6.72. The molecule has 1 aromatic rings. The van der Waals surface area contributed by atoms with Crippen molar-refractivity contribution in [3.05, 3.63) is 36.4 Å². The van der Waals surface area contributed by atoms with E-state index in [-0.39, 0.29) is 11.7 Å². The third kappa shape index (κ3) is 5.72. The summed E-state index contributed by atoms with van der Waals surface area (Å²) in [5.74, 6) is -1.32. The lowest BCUT2D eigenvalue weighted by Crippen LogP contribution is -2.48. The van der Waals surface area contributed by atoms with Crippen LogP contribution in [0.5, 0.6) is 5.75 Å². The van der Waals surface area contributed by atoms with Gasteiger partial charge >= 0.3 is 5.97 Å². The number of rotatable bonds is 9. The molecule has 0 aromatic heterocycles. The first kappa shape index (κ1) is 20.2. The van der Waals surface area contributed by atoms with Gasteiger partial charge in [0.2, 0.25) is 0 Å². The van der Waals surface area contributed by atoms with E-state index in [0.717, 1.165) is 24.8 Å². The van der Waals surface area contributed by atoms with E-state index in [2.05, 4.69) is 16.8 Å². The fourth-order valence-corrected chi connectivity index (χ4v) is 2.58. The second kappa shape index (κ2) is 9.56. The van der Waals surface area contributed by atoms with E-state index >= 15 is 0 Å². The molecule has 0 unspecified atom stereocenters. The largest absolute Gasteiger partial charge is 0.508 e. The Morgan fingerprint density at radius 2 is 1.96 bits per heavy atom. The average molecular weight is 365 g/mol. The summed E-state index contributed by atoms with van der Waals surface area (Å²) in [5.41, 5.74) is 4.30. The molecule has 1 saturated heterocycles. The molecule has 2 rings (SSSR count). The minimum atomic E-state index is -1.28. The summed E-state index contributed by atoms with van der Waals surface area (Å²) in [6.07, 6.45) is 2.76. The van der Waals surface area contributed by atoms with Crippen molar-refractivity contribution in [1.82, 2.24) is 5.48 Å². The number of carbonyl (C=O) groups excluding carboxylic acids is 1. The normalized spacial score (nSPS) is 22.6. The molecule has 26 heavy (non-hydrogen) atoms. The highest BCUT2D eigenvalue weighted by molar-refractivity contribution is 5.77. The summed E-state index contributed by atoms with van der Waals surface area (Å²) >= 11 is 0. The summed E-state index contributed by atoms with van der Waals surface area (Å²) in [4.78, 5) is 17.0. The lowest BCUT2D eigenvalue weighted by atomic mass is 10.0. The first-order valence-corrected chi connectivity index (χ1v) is 8.67. The Balaban J connectivity index is 1.55. The molecule has 7 heteroatoms. The number of hydrogen-bond acceptors (Lipinski definition) is 7. The molecule has 1 aliphatic rings. The van der Waals surface area contributed by atoms with Crippen LogP contribution in [0.25, 0.3) is 5.70 Å². The highest BCUT2D eigenvalue weighted by atomic mass is 16.7. The van der Waals surface area contributed by atoms with Gasteiger partial charge in [0.05, 0.1) is 32.6 Å². The van der Waals surface area contributed by atoms with Gasteiger partial charge < -0.3 is 19.3 Å². The molecule has 0 atom stereocenters. The van der Waals surface area contributed by atoms with Crippen molar-refractivity contribution in [3.63, 3.8) is 0 Å². The zero-order valence-electron chi connectivity index (χ0n) is 15.3. The molecule has 0 bridgehead atoms. The average Bonchev–Trinajstić information content (AvgIpc) is 2.65. The van der Waals surface area contributed by atoms with Gasteiger partial charge in [0.25, 0.3) is 5.79 Å². The number of hydrogen-bond donors (Lipinski definition) is 2. The van der Waals surface area contributed by atoms with E-state index in [4.69, 9.17) is 14.3 Å². The molecule has 144 valence electrons. The number of unbranched alkanes of at least 4 members (excludes halogenated alkanes) is 1. The molecule has 1 heterocycles. The number of aromatic hydroxyl groups is 1. The highest BCUT2D eigenvalue weighted by Gasteiger charge is 2.41. The quantitative estimate of drug-likeness (QED) is 0.395. The van der Waals surface area contributed by atoms with Crippen molar-refractivity contribution < 1.29 is 28.9 Å². The fraction of sp³-hybridized carbons (Fsp3) is 0.526. The Kier molecular flexibility index (Phi) is 7.44. The molecular formula is C19H27NO6. The Morgan fingerprint density at radius 3 is 2.58 bits per heavy atom. The van der Waals surface area contributed by atoms with E-state index in [0.29, 0.717) is 25.5 Å². The molecule has 0 spiro atoms.